The number of hydrogen-bond acceptors (Lipinski definition) is 4. The molecule has 0 bridgehead atoms. The van der Waals surface area contributed by atoms with Gasteiger partial charge in [-0.25, -0.2) is 8.42 Å². The van der Waals surface area contributed by atoms with Crippen molar-refractivity contribution in [3.8, 4) is 5.75 Å². The number of methoxy groups -OCH3 is 1. The summed E-state index contributed by atoms with van der Waals surface area (Å²) in [6.07, 6.45) is 0. The molecule has 0 radical (unpaired) electrons. The Balaban J connectivity index is 3.10. The number of halogens is 1. The molecule has 0 saturated carbocycles. The first-order chi connectivity index (χ1) is 7.89. The van der Waals surface area contributed by atoms with Gasteiger partial charge in [-0.05, 0) is 18.6 Å². The van der Waals surface area contributed by atoms with Crippen LogP contribution in [-0.2, 0) is 10.0 Å². The smallest absolute Gasteiger partial charge is 0.234 e. The molecule has 0 amide bonds. The summed E-state index contributed by atoms with van der Waals surface area (Å²) < 4.78 is 30.6. The molecule has 1 rings (SSSR count). The average Bonchev–Trinajstić information content (AvgIpc) is 2.22. The molecule has 0 saturated heterocycles. The number of anilines is 1. The van der Waals surface area contributed by atoms with Crippen LogP contribution in [0.15, 0.2) is 12.1 Å². The lowest BCUT2D eigenvalue weighted by Gasteiger charge is -2.13. The summed E-state index contributed by atoms with van der Waals surface area (Å²) in [7, 11) is -2.00. The van der Waals surface area contributed by atoms with E-state index in [9.17, 15) is 8.42 Å². The van der Waals surface area contributed by atoms with Crippen molar-refractivity contribution in [3.05, 3.63) is 22.7 Å². The van der Waals surface area contributed by atoms with E-state index in [1.165, 1.54) is 7.11 Å². The van der Waals surface area contributed by atoms with Gasteiger partial charge < -0.3 is 10.5 Å². The molecular weight excluding hydrogens is 264 g/mol. The normalized spacial score (nSPS) is 11.3. The van der Waals surface area contributed by atoms with Crippen molar-refractivity contribution >= 4 is 27.3 Å². The van der Waals surface area contributed by atoms with Crippen LogP contribution in [0.4, 0.5) is 5.69 Å². The van der Waals surface area contributed by atoms with Crippen molar-refractivity contribution in [2.24, 2.45) is 5.73 Å². The Kier molecular flexibility index (Phi) is 4.62. The predicted molar refractivity (Wildman–Crippen MR) is 69.2 cm³/mol. The van der Waals surface area contributed by atoms with Crippen molar-refractivity contribution in [1.29, 1.82) is 0 Å². The molecule has 0 atom stereocenters. The molecule has 1 aromatic rings. The van der Waals surface area contributed by atoms with Crippen LogP contribution < -0.4 is 15.2 Å². The maximum atomic E-state index is 11.6. The molecule has 0 aliphatic heterocycles. The Hall–Kier alpha value is -0.980. The molecule has 5 nitrogen and oxygen atoms in total. The Bertz CT molecular complexity index is 503. The summed E-state index contributed by atoms with van der Waals surface area (Å²) >= 11 is 5.92. The standard InChI is InChI=1S/C10H15ClN2O3S/c1-7-5-9(10(16-2)6-8(7)11)13-17(14,15)4-3-12/h5-6,13H,3-4,12H2,1-2H3. The van der Waals surface area contributed by atoms with Gasteiger partial charge in [0.1, 0.15) is 5.75 Å². The van der Waals surface area contributed by atoms with E-state index in [0.29, 0.717) is 16.5 Å². The topological polar surface area (TPSA) is 81.4 Å². The van der Waals surface area contributed by atoms with Gasteiger partial charge in [-0.3, -0.25) is 4.72 Å². The van der Waals surface area contributed by atoms with Crippen molar-refractivity contribution in [1.82, 2.24) is 0 Å². The van der Waals surface area contributed by atoms with Gasteiger partial charge in [0.2, 0.25) is 10.0 Å². The number of nitrogens with one attached hydrogen (secondary N) is 1. The van der Waals surface area contributed by atoms with E-state index in [0.717, 1.165) is 5.56 Å². The Morgan fingerprint density at radius 3 is 2.65 bits per heavy atom. The van der Waals surface area contributed by atoms with Crippen molar-refractivity contribution < 1.29 is 13.2 Å². The first kappa shape index (κ1) is 14.1. The van der Waals surface area contributed by atoms with Gasteiger partial charge in [0.05, 0.1) is 18.6 Å². The fourth-order valence-corrected chi connectivity index (χ4v) is 2.35. The summed E-state index contributed by atoms with van der Waals surface area (Å²) in [6.45, 7) is 1.84. The maximum absolute atomic E-state index is 11.6. The summed E-state index contributed by atoms with van der Waals surface area (Å²) in [5.41, 5.74) is 6.35. The molecule has 0 spiro atoms. The number of sulfonamides is 1. The van der Waals surface area contributed by atoms with Crippen LogP contribution in [0.3, 0.4) is 0 Å². The monoisotopic (exact) mass is 278 g/mol. The largest absolute Gasteiger partial charge is 0.495 e. The minimum Gasteiger partial charge on any atom is -0.495 e. The van der Waals surface area contributed by atoms with Crippen molar-refractivity contribution in [2.45, 2.75) is 6.92 Å². The minimum absolute atomic E-state index is 0.0597. The van der Waals surface area contributed by atoms with Gasteiger partial charge in [-0.1, -0.05) is 11.6 Å². The van der Waals surface area contributed by atoms with E-state index in [2.05, 4.69) is 4.72 Å². The van der Waals surface area contributed by atoms with E-state index in [-0.39, 0.29) is 12.3 Å². The number of nitrogens with two attached hydrogens (primary N) is 1. The highest BCUT2D eigenvalue weighted by molar-refractivity contribution is 7.92. The second-order valence-electron chi connectivity index (χ2n) is 3.51. The lowest BCUT2D eigenvalue weighted by Crippen LogP contribution is -2.22. The predicted octanol–water partition coefficient (Wildman–Crippen LogP) is 1.36. The lowest BCUT2D eigenvalue weighted by molar-refractivity contribution is 0.417. The van der Waals surface area contributed by atoms with Crippen LogP contribution in [0.5, 0.6) is 5.75 Å². The molecule has 1 aromatic carbocycles. The molecule has 3 N–H and O–H groups in total. The molecule has 0 heterocycles. The summed E-state index contributed by atoms with van der Waals surface area (Å²) in [5.74, 6) is 0.235. The van der Waals surface area contributed by atoms with Gasteiger partial charge in [0.25, 0.3) is 0 Å². The summed E-state index contributed by atoms with van der Waals surface area (Å²) in [5, 5.41) is 0.517. The number of hydrogen-bond donors (Lipinski definition) is 2. The SMILES string of the molecule is COc1cc(Cl)c(C)cc1NS(=O)(=O)CCN. The molecule has 0 unspecified atom stereocenters. The number of ether oxygens (including phenoxy) is 1. The number of rotatable bonds is 5. The lowest BCUT2D eigenvalue weighted by atomic mass is 10.2. The molecule has 0 aliphatic rings. The van der Waals surface area contributed by atoms with E-state index < -0.39 is 10.0 Å². The van der Waals surface area contributed by atoms with Crippen molar-refractivity contribution in [3.63, 3.8) is 0 Å². The zero-order valence-corrected chi connectivity index (χ0v) is 11.2. The fourth-order valence-electron chi connectivity index (χ4n) is 1.29. The van der Waals surface area contributed by atoms with Crippen LogP contribution in [0.25, 0.3) is 0 Å². The zero-order valence-electron chi connectivity index (χ0n) is 9.66. The molecule has 0 aromatic heterocycles. The van der Waals surface area contributed by atoms with Crippen LogP contribution in [0.1, 0.15) is 5.56 Å². The Morgan fingerprint density at radius 1 is 1.47 bits per heavy atom. The second kappa shape index (κ2) is 5.57. The number of benzene rings is 1. The van der Waals surface area contributed by atoms with Gasteiger partial charge in [0.15, 0.2) is 0 Å². The third kappa shape index (κ3) is 3.76. The summed E-state index contributed by atoms with van der Waals surface area (Å²) in [4.78, 5) is 0. The van der Waals surface area contributed by atoms with E-state index in [1.54, 1.807) is 19.1 Å². The Labute approximate surface area is 106 Å². The van der Waals surface area contributed by atoms with Crippen molar-refractivity contribution in [2.75, 3.05) is 24.1 Å². The van der Waals surface area contributed by atoms with Gasteiger partial charge in [-0.2, -0.15) is 0 Å². The molecule has 0 fully saturated rings. The van der Waals surface area contributed by atoms with Gasteiger partial charge in [0, 0.05) is 17.6 Å². The Morgan fingerprint density at radius 2 is 2.12 bits per heavy atom. The highest BCUT2D eigenvalue weighted by Gasteiger charge is 2.14. The highest BCUT2D eigenvalue weighted by Crippen LogP contribution is 2.31. The molecule has 0 aliphatic carbocycles. The first-order valence-corrected chi connectivity index (χ1v) is 6.97. The zero-order chi connectivity index (χ0) is 13.1. The molecular formula is C10H15ClN2O3S. The van der Waals surface area contributed by atoms with Gasteiger partial charge >= 0.3 is 0 Å². The fraction of sp³-hybridized carbons (Fsp3) is 0.400. The second-order valence-corrected chi connectivity index (χ2v) is 5.76. The minimum atomic E-state index is -3.44. The summed E-state index contributed by atoms with van der Waals surface area (Å²) in [6, 6.07) is 3.19. The third-order valence-electron chi connectivity index (χ3n) is 2.13. The third-order valence-corrected chi connectivity index (χ3v) is 3.84. The van der Waals surface area contributed by atoms with Crippen LogP contribution in [-0.4, -0.2) is 27.8 Å². The van der Waals surface area contributed by atoms with Crippen LogP contribution >= 0.6 is 11.6 Å². The quantitative estimate of drug-likeness (QED) is 0.852. The van der Waals surface area contributed by atoms with Crippen LogP contribution in [0.2, 0.25) is 5.02 Å². The van der Waals surface area contributed by atoms with E-state index in [4.69, 9.17) is 22.1 Å². The number of aryl methyl sites for hydroxylation is 1. The van der Waals surface area contributed by atoms with Crippen LogP contribution in [0, 0.1) is 6.92 Å². The molecule has 7 heteroatoms. The van der Waals surface area contributed by atoms with Gasteiger partial charge in [-0.15, -0.1) is 0 Å². The maximum Gasteiger partial charge on any atom is 0.234 e. The first-order valence-electron chi connectivity index (χ1n) is 4.94. The highest BCUT2D eigenvalue weighted by atomic mass is 35.5. The molecule has 96 valence electrons. The van der Waals surface area contributed by atoms with E-state index >= 15 is 0 Å². The van der Waals surface area contributed by atoms with E-state index in [1.807, 2.05) is 0 Å². The average molecular weight is 279 g/mol. The molecule has 17 heavy (non-hydrogen) atoms.